The number of aliphatic hydroxyl groups is 1. The molecule has 0 unspecified atom stereocenters. The molecule has 6 nitrogen and oxygen atoms in total. The summed E-state index contributed by atoms with van der Waals surface area (Å²) < 4.78 is 5.27. The lowest BCUT2D eigenvalue weighted by Gasteiger charge is -2.44. The summed E-state index contributed by atoms with van der Waals surface area (Å²) in [6.45, 7) is 4.35. The van der Waals surface area contributed by atoms with Gasteiger partial charge in [0.25, 0.3) is 0 Å². The van der Waals surface area contributed by atoms with E-state index in [-0.39, 0.29) is 6.61 Å². The maximum atomic E-state index is 9.59. The number of piperazine rings is 1. The number of benzene rings is 1. The molecule has 0 bridgehead atoms. The van der Waals surface area contributed by atoms with Gasteiger partial charge in [-0.05, 0) is 43.5 Å². The number of methoxy groups -OCH3 is 1. The molecule has 0 amide bonds. The van der Waals surface area contributed by atoms with Crippen LogP contribution in [0.15, 0.2) is 30.5 Å². The van der Waals surface area contributed by atoms with E-state index in [9.17, 15) is 5.11 Å². The minimum absolute atomic E-state index is 0.268. The number of rotatable bonds is 7. The molecule has 1 aromatic carbocycles. The van der Waals surface area contributed by atoms with E-state index < -0.39 is 0 Å². The number of hydrogen-bond donors (Lipinski definition) is 2. The van der Waals surface area contributed by atoms with Gasteiger partial charge in [-0.3, -0.25) is 14.9 Å². The van der Waals surface area contributed by atoms with E-state index in [0.29, 0.717) is 6.04 Å². The lowest BCUT2D eigenvalue weighted by molar-refractivity contribution is 0.0268. The maximum Gasteiger partial charge on any atom is 0.118 e. The molecule has 1 saturated carbocycles. The first-order chi connectivity index (χ1) is 13.8. The van der Waals surface area contributed by atoms with Crippen molar-refractivity contribution in [3.8, 4) is 17.0 Å². The van der Waals surface area contributed by atoms with Crippen molar-refractivity contribution in [3.63, 3.8) is 0 Å². The van der Waals surface area contributed by atoms with Gasteiger partial charge in [0, 0.05) is 56.0 Å². The standard InChI is InChI=1S/C22H32N4O2/c1-28-21-8-6-17(7-9-21)22-18(14-23-24-22)15-25-11-12-26(19-4-2-3-5-19)20(16-25)10-13-27/h6-9,14,19-20,27H,2-5,10-13,15-16H2,1H3,(H,23,24)/t20-/m0/s1. The zero-order chi connectivity index (χ0) is 19.3. The zero-order valence-corrected chi connectivity index (χ0v) is 16.8. The van der Waals surface area contributed by atoms with Gasteiger partial charge in [0.15, 0.2) is 0 Å². The Kier molecular flexibility index (Phi) is 6.29. The Hall–Kier alpha value is -1.89. The third-order valence-corrected chi connectivity index (χ3v) is 6.36. The summed E-state index contributed by atoms with van der Waals surface area (Å²) in [5.41, 5.74) is 3.44. The Bertz CT molecular complexity index is 739. The van der Waals surface area contributed by atoms with Gasteiger partial charge in [-0.15, -0.1) is 0 Å². The second kappa shape index (κ2) is 9.07. The molecule has 28 heavy (non-hydrogen) atoms. The van der Waals surface area contributed by atoms with E-state index in [2.05, 4.69) is 32.1 Å². The molecule has 1 aliphatic heterocycles. The van der Waals surface area contributed by atoms with E-state index in [1.165, 1.54) is 31.2 Å². The highest BCUT2D eigenvalue weighted by molar-refractivity contribution is 5.63. The third kappa shape index (κ3) is 4.24. The van der Waals surface area contributed by atoms with Gasteiger partial charge in [-0.25, -0.2) is 0 Å². The van der Waals surface area contributed by atoms with Crippen molar-refractivity contribution in [1.29, 1.82) is 0 Å². The first-order valence-electron chi connectivity index (χ1n) is 10.5. The quantitative estimate of drug-likeness (QED) is 0.768. The molecule has 2 fully saturated rings. The predicted octanol–water partition coefficient (Wildman–Crippen LogP) is 2.90. The predicted molar refractivity (Wildman–Crippen MR) is 110 cm³/mol. The van der Waals surface area contributed by atoms with Gasteiger partial charge >= 0.3 is 0 Å². The molecule has 152 valence electrons. The number of nitrogens with zero attached hydrogens (tertiary/aromatic N) is 3. The van der Waals surface area contributed by atoms with Crippen LogP contribution in [-0.4, -0.2) is 70.5 Å². The van der Waals surface area contributed by atoms with Crippen molar-refractivity contribution in [1.82, 2.24) is 20.0 Å². The van der Waals surface area contributed by atoms with E-state index in [1.807, 2.05) is 18.3 Å². The van der Waals surface area contributed by atoms with Crippen LogP contribution < -0.4 is 4.74 Å². The van der Waals surface area contributed by atoms with Crippen molar-refractivity contribution >= 4 is 0 Å². The zero-order valence-electron chi connectivity index (χ0n) is 16.8. The SMILES string of the molecule is COc1ccc(-c2[nH]ncc2CN2CCN(C3CCCC3)[C@@H](CCO)C2)cc1. The topological polar surface area (TPSA) is 64.6 Å². The van der Waals surface area contributed by atoms with Crippen LogP contribution in [0.25, 0.3) is 11.3 Å². The number of nitrogens with one attached hydrogen (secondary N) is 1. The fourth-order valence-electron chi connectivity index (χ4n) is 4.88. The molecule has 4 rings (SSSR count). The molecule has 0 spiro atoms. The molecule has 2 heterocycles. The molecular formula is C22H32N4O2. The van der Waals surface area contributed by atoms with Crippen LogP contribution in [0, 0.1) is 0 Å². The van der Waals surface area contributed by atoms with Crippen molar-refractivity contribution in [3.05, 3.63) is 36.0 Å². The van der Waals surface area contributed by atoms with Gasteiger partial charge in [0.1, 0.15) is 5.75 Å². The Labute approximate surface area is 167 Å². The first kappa shape index (κ1) is 19.4. The van der Waals surface area contributed by atoms with Crippen LogP contribution >= 0.6 is 0 Å². The minimum Gasteiger partial charge on any atom is -0.497 e. The van der Waals surface area contributed by atoms with Gasteiger partial charge in [-0.2, -0.15) is 5.10 Å². The highest BCUT2D eigenvalue weighted by Gasteiger charge is 2.33. The molecular weight excluding hydrogens is 352 g/mol. The smallest absolute Gasteiger partial charge is 0.118 e. The number of aromatic amines is 1. The molecule has 1 saturated heterocycles. The monoisotopic (exact) mass is 384 g/mol. The van der Waals surface area contributed by atoms with Crippen LogP contribution in [0.2, 0.25) is 0 Å². The highest BCUT2D eigenvalue weighted by atomic mass is 16.5. The van der Waals surface area contributed by atoms with Crippen LogP contribution in [0.3, 0.4) is 0 Å². The average Bonchev–Trinajstić information content (AvgIpc) is 3.41. The minimum atomic E-state index is 0.268. The molecule has 1 aliphatic carbocycles. The number of hydrogen-bond acceptors (Lipinski definition) is 5. The summed E-state index contributed by atoms with van der Waals surface area (Å²) in [6.07, 6.45) is 8.18. The largest absolute Gasteiger partial charge is 0.497 e. The summed E-state index contributed by atoms with van der Waals surface area (Å²) in [4.78, 5) is 5.20. The number of H-pyrrole nitrogens is 1. The molecule has 1 atom stereocenters. The van der Waals surface area contributed by atoms with Gasteiger partial charge in [0.05, 0.1) is 19.0 Å². The van der Waals surface area contributed by atoms with Crippen LogP contribution in [0.5, 0.6) is 5.75 Å². The second-order valence-electron chi connectivity index (χ2n) is 8.08. The Morgan fingerprint density at radius 1 is 1.18 bits per heavy atom. The summed E-state index contributed by atoms with van der Waals surface area (Å²) >= 11 is 0. The second-order valence-corrected chi connectivity index (χ2v) is 8.08. The van der Waals surface area contributed by atoms with Crippen molar-refractivity contribution in [2.24, 2.45) is 0 Å². The van der Waals surface area contributed by atoms with Crippen LogP contribution in [0.4, 0.5) is 0 Å². The Balaban J connectivity index is 1.44. The molecule has 2 aromatic rings. The van der Waals surface area contributed by atoms with E-state index in [1.54, 1.807) is 7.11 Å². The molecule has 0 radical (unpaired) electrons. The summed E-state index contributed by atoms with van der Waals surface area (Å²) in [5, 5.41) is 17.1. The Morgan fingerprint density at radius 2 is 1.96 bits per heavy atom. The third-order valence-electron chi connectivity index (χ3n) is 6.36. The van der Waals surface area contributed by atoms with Crippen molar-refractivity contribution in [2.45, 2.75) is 50.7 Å². The summed E-state index contributed by atoms with van der Waals surface area (Å²) in [7, 11) is 1.69. The lowest BCUT2D eigenvalue weighted by Crippen LogP contribution is -2.56. The lowest BCUT2D eigenvalue weighted by atomic mass is 10.0. The van der Waals surface area contributed by atoms with E-state index in [0.717, 1.165) is 55.6 Å². The van der Waals surface area contributed by atoms with Crippen LogP contribution in [0.1, 0.15) is 37.7 Å². The summed E-state index contributed by atoms with van der Waals surface area (Å²) in [5.74, 6) is 0.861. The van der Waals surface area contributed by atoms with E-state index in [4.69, 9.17) is 4.74 Å². The average molecular weight is 385 g/mol. The summed E-state index contributed by atoms with van der Waals surface area (Å²) in [6, 6.07) is 9.29. The number of aliphatic hydroxyl groups excluding tert-OH is 1. The van der Waals surface area contributed by atoms with Crippen LogP contribution in [-0.2, 0) is 6.54 Å². The van der Waals surface area contributed by atoms with Gasteiger partial charge < -0.3 is 9.84 Å². The normalized spacial score (nSPS) is 22.0. The van der Waals surface area contributed by atoms with Gasteiger partial charge in [-0.1, -0.05) is 12.8 Å². The number of aromatic nitrogens is 2. The maximum absolute atomic E-state index is 9.59. The van der Waals surface area contributed by atoms with Crippen molar-refractivity contribution < 1.29 is 9.84 Å². The number of ether oxygens (including phenoxy) is 1. The van der Waals surface area contributed by atoms with Gasteiger partial charge in [0.2, 0.25) is 0 Å². The highest BCUT2D eigenvalue weighted by Crippen LogP contribution is 2.29. The van der Waals surface area contributed by atoms with E-state index >= 15 is 0 Å². The fourth-order valence-corrected chi connectivity index (χ4v) is 4.88. The Morgan fingerprint density at radius 3 is 2.68 bits per heavy atom. The molecule has 1 aromatic heterocycles. The fraction of sp³-hybridized carbons (Fsp3) is 0.591. The van der Waals surface area contributed by atoms with Crippen molar-refractivity contribution in [2.75, 3.05) is 33.4 Å². The molecule has 2 N–H and O–H groups in total. The molecule has 6 heteroatoms. The first-order valence-corrected chi connectivity index (χ1v) is 10.5. The molecule has 2 aliphatic rings.